The van der Waals surface area contributed by atoms with E-state index in [9.17, 15) is 4.79 Å². The van der Waals surface area contributed by atoms with Crippen molar-refractivity contribution in [1.29, 1.82) is 0 Å². The predicted molar refractivity (Wildman–Crippen MR) is 103 cm³/mol. The fourth-order valence-electron chi connectivity index (χ4n) is 2.28. The summed E-state index contributed by atoms with van der Waals surface area (Å²) >= 11 is 1.56. The molecule has 1 aromatic carbocycles. The molecule has 2 heterocycles. The Labute approximate surface area is 151 Å². The molecule has 0 aliphatic carbocycles. The van der Waals surface area contributed by atoms with Gasteiger partial charge in [0.25, 0.3) is 0 Å². The second kappa shape index (κ2) is 7.44. The zero-order valence-corrected chi connectivity index (χ0v) is 15.0. The summed E-state index contributed by atoms with van der Waals surface area (Å²) in [6, 6.07) is 11.4. The van der Waals surface area contributed by atoms with Gasteiger partial charge in [-0.05, 0) is 30.0 Å². The van der Waals surface area contributed by atoms with E-state index in [2.05, 4.69) is 10.3 Å². The van der Waals surface area contributed by atoms with Crippen molar-refractivity contribution in [3.63, 3.8) is 0 Å². The lowest BCUT2D eigenvalue weighted by Gasteiger charge is -2.13. The van der Waals surface area contributed by atoms with Crippen LogP contribution >= 0.6 is 11.3 Å². The number of thiophene rings is 1. The largest absolute Gasteiger partial charge is 0.399 e. The number of amides is 1. The summed E-state index contributed by atoms with van der Waals surface area (Å²) in [5.41, 5.74) is 8.80. The van der Waals surface area contributed by atoms with Crippen molar-refractivity contribution in [2.75, 3.05) is 11.1 Å². The topological polar surface area (TPSA) is 80.9 Å². The second-order valence-electron chi connectivity index (χ2n) is 5.85. The summed E-state index contributed by atoms with van der Waals surface area (Å²) in [7, 11) is 0. The lowest BCUT2D eigenvalue weighted by Crippen LogP contribution is -2.21. The fourth-order valence-corrected chi connectivity index (χ4v) is 3.00. The number of nitrogens with zero attached hydrogens (tertiary/aromatic N) is 2. The van der Waals surface area contributed by atoms with Crippen LogP contribution in [0.3, 0.4) is 0 Å². The Bertz CT molecular complexity index is 860. The van der Waals surface area contributed by atoms with Gasteiger partial charge in [-0.1, -0.05) is 32.0 Å². The third kappa shape index (κ3) is 3.85. The van der Waals surface area contributed by atoms with E-state index in [0.717, 1.165) is 22.6 Å². The Hall–Kier alpha value is -2.73. The standard InChI is InChI=1S/C19H20N4OS/c1-3-12(2)19(24)23-18-17(16-5-4-10-25-16)22-15(11-21-18)13-6-8-14(20)9-7-13/h4-12H,3,20H2,1-2H3,(H,21,23,24). The molecule has 0 saturated heterocycles. The van der Waals surface area contributed by atoms with Crippen molar-refractivity contribution in [3.8, 4) is 21.8 Å². The molecule has 1 amide bonds. The number of benzene rings is 1. The third-order valence-electron chi connectivity index (χ3n) is 4.04. The lowest BCUT2D eigenvalue weighted by atomic mass is 10.1. The molecular weight excluding hydrogens is 332 g/mol. The molecule has 0 aliphatic rings. The molecule has 1 unspecified atom stereocenters. The molecule has 0 fully saturated rings. The number of aromatic nitrogens is 2. The first-order chi connectivity index (χ1) is 12.1. The van der Waals surface area contributed by atoms with Crippen LogP contribution in [0.1, 0.15) is 20.3 Å². The van der Waals surface area contributed by atoms with Gasteiger partial charge in [0.15, 0.2) is 5.82 Å². The molecule has 0 saturated carbocycles. The van der Waals surface area contributed by atoms with Gasteiger partial charge in [0.05, 0.1) is 16.8 Å². The molecule has 5 nitrogen and oxygen atoms in total. The van der Waals surface area contributed by atoms with E-state index in [-0.39, 0.29) is 11.8 Å². The maximum Gasteiger partial charge on any atom is 0.228 e. The number of carbonyl (C=O) groups excluding carboxylic acids is 1. The highest BCUT2D eigenvalue weighted by Gasteiger charge is 2.17. The second-order valence-corrected chi connectivity index (χ2v) is 6.80. The predicted octanol–water partition coefficient (Wildman–Crippen LogP) is 4.44. The first kappa shape index (κ1) is 17.1. The van der Waals surface area contributed by atoms with Crippen LogP contribution in [-0.2, 0) is 4.79 Å². The highest BCUT2D eigenvalue weighted by Crippen LogP contribution is 2.31. The van der Waals surface area contributed by atoms with Crippen molar-refractivity contribution < 1.29 is 4.79 Å². The van der Waals surface area contributed by atoms with Crippen molar-refractivity contribution in [3.05, 3.63) is 48.0 Å². The van der Waals surface area contributed by atoms with Gasteiger partial charge in [-0.15, -0.1) is 11.3 Å². The van der Waals surface area contributed by atoms with Crippen LogP contribution in [0, 0.1) is 5.92 Å². The van der Waals surface area contributed by atoms with E-state index >= 15 is 0 Å². The first-order valence-corrected chi connectivity index (χ1v) is 9.04. The Morgan fingerprint density at radius 3 is 2.68 bits per heavy atom. The number of anilines is 2. The van der Waals surface area contributed by atoms with E-state index in [1.54, 1.807) is 17.5 Å². The highest BCUT2D eigenvalue weighted by molar-refractivity contribution is 7.13. The van der Waals surface area contributed by atoms with Gasteiger partial charge < -0.3 is 11.1 Å². The van der Waals surface area contributed by atoms with Crippen LogP contribution in [0.4, 0.5) is 11.5 Å². The van der Waals surface area contributed by atoms with Crippen molar-refractivity contribution in [1.82, 2.24) is 9.97 Å². The van der Waals surface area contributed by atoms with Crippen LogP contribution in [0.25, 0.3) is 21.8 Å². The molecule has 0 radical (unpaired) electrons. The molecule has 0 aliphatic heterocycles. The van der Waals surface area contributed by atoms with E-state index in [1.807, 2.05) is 55.6 Å². The average Bonchev–Trinajstić information content (AvgIpc) is 3.16. The minimum atomic E-state index is -0.0743. The van der Waals surface area contributed by atoms with Crippen molar-refractivity contribution >= 4 is 28.7 Å². The minimum Gasteiger partial charge on any atom is -0.399 e. The van der Waals surface area contributed by atoms with Gasteiger partial charge in [-0.2, -0.15) is 0 Å². The monoisotopic (exact) mass is 352 g/mol. The summed E-state index contributed by atoms with van der Waals surface area (Å²) in [5, 5.41) is 4.89. The zero-order chi connectivity index (χ0) is 17.8. The third-order valence-corrected chi connectivity index (χ3v) is 4.91. The quantitative estimate of drug-likeness (QED) is 0.665. The molecule has 0 spiro atoms. The molecule has 3 rings (SSSR count). The highest BCUT2D eigenvalue weighted by atomic mass is 32.1. The van der Waals surface area contributed by atoms with E-state index in [0.29, 0.717) is 17.2 Å². The molecule has 0 bridgehead atoms. The fraction of sp³-hybridized carbons (Fsp3) is 0.211. The summed E-state index contributed by atoms with van der Waals surface area (Å²) in [4.78, 5) is 22.4. The van der Waals surface area contributed by atoms with Crippen LogP contribution in [0.2, 0.25) is 0 Å². The van der Waals surface area contributed by atoms with Gasteiger partial charge in [-0.3, -0.25) is 4.79 Å². The summed E-state index contributed by atoms with van der Waals surface area (Å²) in [6.45, 7) is 3.89. The molecule has 128 valence electrons. The molecule has 1 atom stereocenters. The SMILES string of the molecule is CCC(C)C(=O)Nc1ncc(-c2ccc(N)cc2)nc1-c1cccs1. The zero-order valence-electron chi connectivity index (χ0n) is 14.2. The minimum absolute atomic E-state index is 0.0464. The molecule has 6 heteroatoms. The Kier molecular flexibility index (Phi) is 5.09. The lowest BCUT2D eigenvalue weighted by molar-refractivity contribution is -0.119. The van der Waals surface area contributed by atoms with Gasteiger partial charge >= 0.3 is 0 Å². The van der Waals surface area contributed by atoms with Crippen LogP contribution in [-0.4, -0.2) is 15.9 Å². The van der Waals surface area contributed by atoms with Crippen LogP contribution in [0.15, 0.2) is 48.0 Å². The average molecular weight is 352 g/mol. The number of nitrogen functional groups attached to an aromatic ring is 1. The maximum absolute atomic E-state index is 12.3. The van der Waals surface area contributed by atoms with E-state index in [4.69, 9.17) is 10.7 Å². The number of hydrogen-bond donors (Lipinski definition) is 2. The molecule has 2 aromatic heterocycles. The number of nitrogens with two attached hydrogens (primary N) is 1. The van der Waals surface area contributed by atoms with Gasteiger partial charge in [0, 0.05) is 17.2 Å². The molecule has 25 heavy (non-hydrogen) atoms. The van der Waals surface area contributed by atoms with Gasteiger partial charge in [-0.25, -0.2) is 9.97 Å². The van der Waals surface area contributed by atoms with E-state index < -0.39 is 0 Å². The number of hydrogen-bond acceptors (Lipinski definition) is 5. The number of carbonyl (C=O) groups is 1. The van der Waals surface area contributed by atoms with Crippen molar-refractivity contribution in [2.24, 2.45) is 5.92 Å². The van der Waals surface area contributed by atoms with Crippen LogP contribution in [0.5, 0.6) is 0 Å². The Morgan fingerprint density at radius 2 is 2.04 bits per heavy atom. The van der Waals surface area contributed by atoms with Gasteiger partial charge in [0.2, 0.25) is 5.91 Å². The molecular formula is C19H20N4OS. The van der Waals surface area contributed by atoms with E-state index in [1.165, 1.54) is 0 Å². The normalized spacial score (nSPS) is 11.9. The van der Waals surface area contributed by atoms with Crippen LogP contribution < -0.4 is 11.1 Å². The summed E-state index contributed by atoms with van der Waals surface area (Å²) in [5.74, 6) is 0.372. The maximum atomic E-state index is 12.3. The summed E-state index contributed by atoms with van der Waals surface area (Å²) < 4.78 is 0. The first-order valence-electron chi connectivity index (χ1n) is 8.16. The molecule has 3 N–H and O–H groups in total. The summed E-state index contributed by atoms with van der Waals surface area (Å²) in [6.07, 6.45) is 2.45. The number of rotatable bonds is 5. The smallest absolute Gasteiger partial charge is 0.228 e. The van der Waals surface area contributed by atoms with Crippen molar-refractivity contribution in [2.45, 2.75) is 20.3 Å². The van der Waals surface area contributed by atoms with Gasteiger partial charge in [0.1, 0.15) is 5.69 Å². The number of nitrogens with one attached hydrogen (secondary N) is 1. The Morgan fingerprint density at radius 1 is 1.28 bits per heavy atom. The molecule has 3 aromatic rings. The Balaban J connectivity index is 2.01.